The number of carbonyl (C=O) groups is 1. The van der Waals surface area contributed by atoms with Crippen molar-refractivity contribution in [3.63, 3.8) is 0 Å². The van der Waals surface area contributed by atoms with E-state index in [-0.39, 0.29) is 5.91 Å². The third kappa shape index (κ3) is 4.25. The molecule has 0 fully saturated rings. The van der Waals surface area contributed by atoms with Gasteiger partial charge in [0.05, 0.1) is 20.0 Å². The summed E-state index contributed by atoms with van der Waals surface area (Å²) >= 11 is 6.62. The normalized spacial score (nSPS) is 10.6. The lowest BCUT2D eigenvalue weighted by molar-refractivity contribution is 0.103. The van der Waals surface area contributed by atoms with Gasteiger partial charge in [0, 0.05) is 4.90 Å². The number of halogens is 1. The molecule has 0 spiro atoms. The van der Waals surface area contributed by atoms with Crippen LogP contribution in [-0.2, 0) is 0 Å². The molecule has 0 aliphatic carbocycles. The minimum Gasteiger partial charge on any atom is -0.397 e. The second-order valence-electron chi connectivity index (χ2n) is 4.62. The molecule has 112 valence electrons. The average molecular weight is 385 g/mol. The fourth-order valence-corrected chi connectivity index (χ4v) is 3.94. The van der Waals surface area contributed by atoms with Crippen molar-refractivity contribution in [2.24, 2.45) is 0 Å². The summed E-state index contributed by atoms with van der Waals surface area (Å²) in [5, 5.41) is 2.90. The van der Waals surface area contributed by atoms with Crippen LogP contribution in [0.4, 0.5) is 11.4 Å². The number of thioether (sulfide) groups is 1. The zero-order chi connectivity index (χ0) is 15.4. The average Bonchev–Trinajstić information content (AvgIpc) is 2.79. The first-order valence-corrected chi connectivity index (χ1v) is 9.20. The molecule has 0 aliphatic rings. The van der Waals surface area contributed by atoms with Crippen molar-refractivity contribution >= 4 is 56.3 Å². The maximum atomic E-state index is 12.3. The van der Waals surface area contributed by atoms with Gasteiger partial charge < -0.3 is 11.1 Å². The van der Waals surface area contributed by atoms with Crippen molar-refractivity contribution in [2.75, 3.05) is 16.8 Å². The highest BCUT2D eigenvalue weighted by molar-refractivity contribution is 9.11. The van der Waals surface area contributed by atoms with Crippen LogP contribution < -0.4 is 11.1 Å². The Bertz CT molecular complexity index is 636. The fraction of sp³-hybridized carbons (Fsp3) is 0.267. The molecule has 0 unspecified atom stereocenters. The summed E-state index contributed by atoms with van der Waals surface area (Å²) < 4.78 is 0.980. The Labute approximate surface area is 141 Å². The van der Waals surface area contributed by atoms with E-state index in [2.05, 4.69) is 28.2 Å². The van der Waals surface area contributed by atoms with E-state index in [0.717, 1.165) is 26.4 Å². The fourth-order valence-electron chi connectivity index (χ4n) is 1.71. The largest absolute Gasteiger partial charge is 0.397 e. The number of amides is 1. The van der Waals surface area contributed by atoms with Crippen molar-refractivity contribution in [1.29, 1.82) is 0 Å². The van der Waals surface area contributed by atoms with E-state index in [9.17, 15) is 4.79 Å². The van der Waals surface area contributed by atoms with Crippen molar-refractivity contribution in [3.05, 3.63) is 38.5 Å². The first-order valence-electron chi connectivity index (χ1n) is 6.61. The minimum absolute atomic E-state index is 0.127. The number of hydrogen-bond donors (Lipinski definition) is 2. The molecule has 0 atom stereocenters. The summed E-state index contributed by atoms with van der Waals surface area (Å²) in [5.41, 5.74) is 8.26. The number of hydrogen-bond acceptors (Lipinski definition) is 4. The van der Waals surface area contributed by atoms with E-state index >= 15 is 0 Å². The molecule has 6 heteroatoms. The van der Waals surface area contributed by atoms with Crippen molar-refractivity contribution < 1.29 is 4.79 Å². The zero-order valence-electron chi connectivity index (χ0n) is 11.9. The van der Waals surface area contributed by atoms with Gasteiger partial charge in [-0.05, 0) is 64.9 Å². The Morgan fingerprint density at radius 3 is 2.81 bits per heavy atom. The SMILES string of the molecule is CCCSc1ccc(N)c(NC(=O)c2cc(C)c(Br)s2)c1. The predicted octanol–water partition coefficient (Wildman–Crippen LogP) is 5.16. The maximum Gasteiger partial charge on any atom is 0.265 e. The van der Waals surface area contributed by atoms with E-state index in [4.69, 9.17) is 5.73 Å². The summed E-state index contributed by atoms with van der Waals surface area (Å²) in [6, 6.07) is 7.62. The van der Waals surface area contributed by atoms with E-state index in [1.165, 1.54) is 11.3 Å². The molecule has 3 nitrogen and oxygen atoms in total. The lowest BCUT2D eigenvalue weighted by Crippen LogP contribution is -2.11. The molecule has 0 saturated heterocycles. The van der Waals surface area contributed by atoms with Crippen LogP contribution >= 0.6 is 39.0 Å². The molecule has 21 heavy (non-hydrogen) atoms. The van der Waals surface area contributed by atoms with E-state index < -0.39 is 0 Å². The number of anilines is 2. The van der Waals surface area contributed by atoms with Gasteiger partial charge in [-0.15, -0.1) is 23.1 Å². The number of carbonyl (C=O) groups excluding carboxylic acids is 1. The summed E-state index contributed by atoms with van der Waals surface area (Å²) in [4.78, 5) is 14.1. The molecule has 0 radical (unpaired) electrons. The Morgan fingerprint density at radius 2 is 2.19 bits per heavy atom. The Hall–Kier alpha value is -0.980. The van der Waals surface area contributed by atoms with Gasteiger partial charge in [-0.3, -0.25) is 4.79 Å². The molecule has 2 rings (SSSR count). The second kappa shape index (κ2) is 7.33. The topological polar surface area (TPSA) is 55.1 Å². The quantitative estimate of drug-likeness (QED) is 0.552. The first-order chi connectivity index (χ1) is 10.0. The smallest absolute Gasteiger partial charge is 0.265 e. The highest BCUT2D eigenvalue weighted by Crippen LogP contribution is 2.30. The van der Waals surface area contributed by atoms with Crippen LogP contribution in [0.25, 0.3) is 0 Å². The highest BCUT2D eigenvalue weighted by Gasteiger charge is 2.13. The molecule has 1 heterocycles. The number of aryl methyl sites for hydroxylation is 1. The summed E-state index contributed by atoms with van der Waals surface area (Å²) in [6.07, 6.45) is 1.11. The predicted molar refractivity (Wildman–Crippen MR) is 96.6 cm³/mol. The van der Waals surface area contributed by atoms with Crippen molar-refractivity contribution in [1.82, 2.24) is 0 Å². The first kappa shape index (κ1) is 16.4. The number of nitrogens with two attached hydrogens (primary N) is 1. The monoisotopic (exact) mass is 384 g/mol. The van der Waals surface area contributed by atoms with Gasteiger partial charge in [-0.2, -0.15) is 0 Å². The van der Waals surface area contributed by atoms with Crippen LogP contribution in [0.5, 0.6) is 0 Å². The number of benzene rings is 1. The molecule has 1 amide bonds. The zero-order valence-corrected chi connectivity index (χ0v) is 15.1. The molecule has 1 aromatic heterocycles. The van der Waals surface area contributed by atoms with Gasteiger partial charge in [0.25, 0.3) is 5.91 Å². The van der Waals surface area contributed by atoms with Gasteiger partial charge in [0.1, 0.15) is 0 Å². The van der Waals surface area contributed by atoms with E-state index in [1.54, 1.807) is 11.8 Å². The lowest BCUT2D eigenvalue weighted by atomic mass is 10.2. The molecular weight excluding hydrogens is 368 g/mol. The van der Waals surface area contributed by atoms with E-state index in [1.807, 2.05) is 31.2 Å². The van der Waals surface area contributed by atoms with Gasteiger partial charge >= 0.3 is 0 Å². The minimum atomic E-state index is -0.127. The molecule has 3 N–H and O–H groups in total. The van der Waals surface area contributed by atoms with Crippen LogP contribution in [0, 0.1) is 6.92 Å². The van der Waals surface area contributed by atoms with Crippen LogP contribution in [0.2, 0.25) is 0 Å². The highest BCUT2D eigenvalue weighted by atomic mass is 79.9. The lowest BCUT2D eigenvalue weighted by Gasteiger charge is -2.09. The van der Waals surface area contributed by atoms with Crippen molar-refractivity contribution in [2.45, 2.75) is 25.2 Å². The van der Waals surface area contributed by atoms with Gasteiger partial charge in [-0.1, -0.05) is 6.92 Å². The van der Waals surface area contributed by atoms with Gasteiger partial charge in [-0.25, -0.2) is 0 Å². The summed E-state index contributed by atoms with van der Waals surface area (Å²) in [6.45, 7) is 4.11. The summed E-state index contributed by atoms with van der Waals surface area (Å²) in [5.74, 6) is 0.923. The molecule has 0 saturated carbocycles. The Morgan fingerprint density at radius 1 is 1.43 bits per heavy atom. The molecule has 2 aromatic rings. The third-order valence-electron chi connectivity index (χ3n) is 2.83. The number of nitrogen functional groups attached to an aromatic ring is 1. The number of thiophene rings is 1. The molecular formula is C15H17BrN2OS2. The standard InChI is InChI=1S/C15H17BrN2OS2/c1-3-6-20-10-4-5-11(17)12(8-10)18-15(19)13-7-9(2)14(16)21-13/h4-5,7-8H,3,6,17H2,1-2H3,(H,18,19). The van der Waals surface area contributed by atoms with Crippen LogP contribution in [-0.4, -0.2) is 11.7 Å². The van der Waals surface area contributed by atoms with Crippen LogP contribution in [0.1, 0.15) is 28.6 Å². The second-order valence-corrected chi connectivity index (χ2v) is 8.16. The van der Waals surface area contributed by atoms with Crippen LogP contribution in [0.15, 0.2) is 32.9 Å². The molecule has 1 aromatic carbocycles. The number of nitrogens with one attached hydrogen (secondary N) is 1. The maximum absolute atomic E-state index is 12.3. The van der Waals surface area contributed by atoms with Gasteiger partial charge in [0.2, 0.25) is 0 Å². The van der Waals surface area contributed by atoms with Gasteiger partial charge in [0.15, 0.2) is 0 Å². The van der Waals surface area contributed by atoms with Crippen molar-refractivity contribution in [3.8, 4) is 0 Å². The van der Waals surface area contributed by atoms with Crippen LogP contribution in [0.3, 0.4) is 0 Å². The molecule has 0 bridgehead atoms. The molecule has 0 aliphatic heterocycles. The summed E-state index contributed by atoms with van der Waals surface area (Å²) in [7, 11) is 0. The Balaban J connectivity index is 2.16. The number of rotatable bonds is 5. The van der Waals surface area contributed by atoms with E-state index in [0.29, 0.717) is 16.3 Å². The Kier molecular flexibility index (Phi) is 5.72. The third-order valence-corrected chi connectivity index (χ3v) is 6.16.